The molecule has 0 aromatic heterocycles. The molecule has 0 saturated carbocycles. The molecule has 116 valence electrons. The predicted molar refractivity (Wildman–Crippen MR) is 65.0 cm³/mol. The largest absolute Gasteiger partial charge is 0.465 e. The van der Waals surface area contributed by atoms with Gasteiger partial charge < -0.3 is 29.4 Å². The third kappa shape index (κ3) is 7.54. The second kappa shape index (κ2) is 9.98. The zero-order chi connectivity index (χ0) is 15.5. The first-order chi connectivity index (χ1) is 9.44. The molecule has 0 saturated heterocycles. The molecule has 0 aliphatic rings. The lowest BCUT2D eigenvalue weighted by Crippen LogP contribution is -2.45. The first-order valence-electron chi connectivity index (χ1n) is 5.81. The number of methoxy groups -OCH3 is 2. The molecule has 0 aliphatic heterocycles. The van der Waals surface area contributed by atoms with Gasteiger partial charge in [-0.2, -0.15) is 0 Å². The van der Waals surface area contributed by atoms with Crippen LogP contribution in [0.4, 0.5) is 4.79 Å². The molecule has 0 spiro atoms. The maximum atomic E-state index is 11.7. The van der Waals surface area contributed by atoms with Crippen LogP contribution in [0.1, 0.15) is 13.3 Å². The standard InChI is InChI=1S/C11H19NO8/c1-4-8(13)19-5-7(12-11(15)16)10(14)20-6-9(17-2)18-3/h7,9,12H,4-6H2,1-3H3,(H,15,16). The molecule has 0 aromatic carbocycles. The van der Waals surface area contributed by atoms with Gasteiger partial charge in [-0.1, -0.05) is 6.92 Å². The number of hydrogen-bond donors (Lipinski definition) is 2. The molecule has 9 nitrogen and oxygen atoms in total. The molecule has 0 bridgehead atoms. The summed E-state index contributed by atoms with van der Waals surface area (Å²) in [6.45, 7) is 0.913. The van der Waals surface area contributed by atoms with E-state index in [1.165, 1.54) is 14.2 Å². The van der Waals surface area contributed by atoms with Crippen molar-refractivity contribution in [2.24, 2.45) is 0 Å². The minimum atomic E-state index is -1.44. The van der Waals surface area contributed by atoms with Crippen molar-refractivity contribution in [3.05, 3.63) is 0 Å². The monoisotopic (exact) mass is 293 g/mol. The topological polar surface area (TPSA) is 120 Å². The second-order valence-electron chi connectivity index (χ2n) is 3.57. The van der Waals surface area contributed by atoms with Gasteiger partial charge in [-0.15, -0.1) is 0 Å². The highest BCUT2D eigenvalue weighted by Gasteiger charge is 2.24. The summed E-state index contributed by atoms with van der Waals surface area (Å²) in [5, 5.41) is 10.5. The van der Waals surface area contributed by atoms with E-state index >= 15 is 0 Å². The third-order valence-corrected chi connectivity index (χ3v) is 2.17. The quantitative estimate of drug-likeness (QED) is 0.440. The van der Waals surface area contributed by atoms with Crippen molar-refractivity contribution in [3.8, 4) is 0 Å². The van der Waals surface area contributed by atoms with Crippen LogP contribution < -0.4 is 5.32 Å². The summed E-state index contributed by atoms with van der Waals surface area (Å²) in [7, 11) is 2.72. The maximum absolute atomic E-state index is 11.7. The third-order valence-electron chi connectivity index (χ3n) is 2.17. The molecule has 0 fully saturated rings. The van der Waals surface area contributed by atoms with Crippen LogP contribution in [0, 0.1) is 0 Å². The van der Waals surface area contributed by atoms with E-state index < -0.39 is 37.0 Å². The first kappa shape index (κ1) is 18.1. The SMILES string of the molecule is CCC(=O)OCC(NC(=O)O)C(=O)OCC(OC)OC. The van der Waals surface area contributed by atoms with Gasteiger partial charge in [0, 0.05) is 20.6 Å². The number of ether oxygens (including phenoxy) is 4. The van der Waals surface area contributed by atoms with Crippen LogP contribution in [-0.2, 0) is 28.5 Å². The van der Waals surface area contributed by atoms with Gasteiger partial charge in [0.25, 0.3) is 0 Å². The van der Waals surface area contributed by atoms with Gasteiger partial charge in [0.2, 0.25) is 0 Å². The zero-order valence-corrected chi connectivity index (χ0v) is 11.6. The molecule has 9 heteroatoms. The summed E-state index contributed by atoms with van der Waals surface area (Å²) in [6.07, 6.45) is -2.08. The fraction of sp³-hybridized carbons (Fsp3) is 0.727. The first-order valence-corrected chi connectivity index (χ1v) is 5.81. The molecule has 2 N–H and O–H groups in total. The lowest BCUT2D eigenvalue weighted by Gasteiger charge is -2.18. The lowest BCUT2D eigenvalue weighted by molar-refractivity contribution is -0.170. The number of hydrogen-bond acceptors (Lipinski definition) is 7. The van der Waals surface area contributed by atoms with Gasteiger partial charge >= 0.3 is 18.0 Å². The average Bonchev–Trinajstić information content (AvgIpc) is 2.43. The normalized spacial score (nSPS) is 11.8. The highest BCUT2D eigenvalue weighted by Crippen LogP contribution is 1.98. The van der Waals surface area contributed by atoms with E-state index in [9.17, 15) is 14.4 Å². The highest BCUT2D eigenvalue weighted by atomic mass is 16.7. The Morgan fingerprint density at radius 1 is 1.10 bits per heavy atom. The van der Waals surface area contributed by atoms with Gasteiger partial charge in [-0.3, -0.25) is 4.79 Å². The van der Waals surface area contributed by atoms with Crippen molar-refractivity contribution < 1.29 is 38.4 Å². The van der Waals surface area contributed by atoms with Crippen molar-refractivity contribution in [1.82, 2.24) is 5.32 Å². The molecule has 1 unspecified atom stereocenters. The average molecular weight is 293 g/mol. The minimum absolute atomic E-state index is 0.115. The Morgan fingerprint density at radius 3 is 2.15 bits per heavy atom. The summed E-state index contributed by atoms with van der Waals surface area (Å²) in [5.74, 6) is -1.45. The van der Waals surface area contributed by atoms with Gasteiger partial charge in [0.15, 0.2) is 12.3 Å². The fourth-order valence-electron chi connectivity index (χ4n) is 1.08. The Bertz CT molecular complexity index is 328. The Hall–Kier alpha value is -1.87. The van der Waals surface area contributed by atoms with E-state index in [4.69, 9.17) is 24.1 Å². The fourth-order valence-corrected chi connectivity index (χ4v) is 1.08. The number of carbonyl (C=O) groups excluding carboxylic acids is 2. The van der Waals surface area contributed by atoms with Crippen LogP contribution in [-0.4, -0.2) is 62.9 Å². The molecule has 1 amide bonds. The summed E-state index contributed by atoms with van der Waals surface area (Å²) in [4.78, 5) is 33.2. The summed E-state index contributed by atoms with van der Waals surface area (Å²) >= 11 is 0. The summed E-state index contributed by atoms with van der Waals surface area (Å²) in [6, 6.07) is -1.31. The van der Waals surface area contributed by atoms with E-state index in [0.717, 1.165) is 0 Å². The van der Waals surface area contributed by atoms with E-state index in [1.54, 1.807) is 6.92 Å². The van der Waals surface area contributed by atoms with Crippen LogP contribution in [0.2, 0.25) is 0 Å². The number of amides is 1. The van der Waals surface area contributed by atoms with Crippen LogP contribution in [0.25, 0.3) is 0 Å². The van der Waals surface area contributed by atoms with Crippen molar-refractivity contribution >= 4 is 18.0 Å². The van der Waals surface area contributed by atoms with Crippen molar-refractivity contribution in [1.29, 1.82) is 0 Å². The number of carboxylic acid groups (broad SMARTS) is 1. The number of rotatable bonds is 9. The highest BCUT2D eigenvalue weighted by molar-refractivity contribution is 5.81. The van der Waals surface area contributed by atoms with E-state index in [1.807, 2.05) is 5.32 Å². The molecular formula is C11H19NO8. The van der Waals surface area contributed by atoms with Gasteiger partial charge in [-0.25, -0.2) is 9.59 Å². The second-order valence-corrected chi connectivity index (χ2v) is 3.57. The summed E-state index contributed by atoms with van der Waals surface area (Å²) in [5.41, 5.74) is 0. The van der Waals surface area contributed by atoms with Crippen molar-refractivity contribution in [3.63, 3.8) is 0 Å². The maximum Gasteiger partial charge on any atom is 0.405 e. The van der Waals surface area contributed by atoms with Crippen LogP contribution >= 0.6 is 0 Å². The number of nitrogens with one attached hydrogen (secondary N) is 1. The van der Waals surface area contributed by atoms with Gasteiger partial charge in [0.05, 0.1) is 0 Å². The number of esters is 2. The number of carbonyl (C=O) groups is 3. The molecule has 0 rings (SSSR count). The van der Waals surface area contributed by atoms with Crippen LogP contribution in [0.5, 0.6) is 0 Å². The van der Waals surface area contributed by atoms with Crippen molar-refractivity contribution in [2.45, 2.75) is 25.7 Å². The Morgan fingerprint density at radius 2 is 1.70 bits per heavy atom. The zero-order valence-electron chi connectivity index (χ0n) is 11.6. The van der Waals surface area contributed by atoms with Gasteiger partial charge in [-0.05, 0) is 0 Å². The van der Waals surface area contributed by atoms with Crippen molar-refractivity contribution in [2.75, 3.05) is 27.4 Å². The minimum Gasteiger partial charge on any atom is -0.465 e. The van der Waals surface area contributed by atoms with Gasteiger partial charge in [0.1, 0.15) is 13.2 Å². The van der Waals surface area contributed by atoms with E-state index in [2.05, 4.69) is 0 Å². The van der Waals surface area contributed by atoms with Crippen LogP contribution in [0.15, 0.2) is 0 Å². The lowest BCUT2D eigenvalue weighted by atomic mass is 10.3. The van der Waals surface area contributed by atoms with E-state index in [-0.39, 0.29) is 13.0 Å². The van der Waals surface area contributed by atoms with E-state index in [0.29, 0.717) is 0 Å². The predicted octanol–water partition coefficient (Wildman–Crippen LogP) is -0.262. The molecule has 0 aromatic rings. The molecule has 0 aliphatic carbocycles. The molecule has 0 radical (unpaired) electrons. The smallest absolute Gasteiger partial charge is 0.405 e. The summed E-state index contributed by atoms with van der Waals surface area (Å²) < 4.78 is 19.1. The molecule has 20 heavy (non-hydrogen) atoms. The Kier molecular flexibility index (Phi) is 9.05. The molecule has 0 heterocycles. The Balaban J connectivity index is 4.40. The molecular weight excluding hydrogens is 274 g/mol. The molecule has 1 atom stereocenters. The van der Waals surface area contributed by atoms with Crippen LogP contribution in [0.3, 0.4) is 0 Å². The Labute approximate surface area is 116 Å².